The maximum Gasteiger partial charge on any atom is 0.420 e. The highest BCUT2D eigenvalue weighted by Crippen LogP contribution is 2.28. The minimum Gasteiger partial charge on any atom is -0.408 e. The van der Waals surface area contributed by atoms with E-state index in [9.17, 15) is 14.0 Å². The molecule has 0 aliphatic carbocycles. The molecule has 3 aromatic rings. The largest absolute Gasteiger partial charge is 0.420 e. The quantitative estimate of drug-likeness (QED) is 0.732. The van der Waals surface area contributed by atoms with Crippen LogP contribution in [0.1, 0.15) is 37.4 Å². The van der Waals surface area contributed by atoms with Crippen LogP contribution in [0.15, 0.2) is 57.7 Å². The van der Waals surface area contributed by atoms with Crippen LogP contribution < -0.4 is 11.1 Å². The molecule has 3 atom stereocenters. The molecule has 0 radical (unpaired) electrons. The molecule has 1 aliphatic heterocycles. The van der Waals surface area contributed by atoms with E-state index in [0.717, 1.165) is 18.4 Å². The predicted molar refractivity (Wildman–Crippen MR) is 101 cm³/mol. The molecule has 7 heteroatoms. The molecule has 0 unspecified atom stereocenters. The monoisotopic (exact) mass is 384 g/mol. The van der Waals surface area contributed by atoms with Gasteiger partial charge in [0, 0.05) is 6.61 Å². The number of hydrogen-bond acceptors (Lipinski definition) is 4. The van der Waals surface area contributed by atoms with Crippen molar-refractivity contribution in [1.82, 2.24) is 9.88 Å². The lowest BCUT2D eigenvalue weighted by molar-refractivity contribution is -0.125. The highest BCUT2D eigenvalue weighted by Gasteiger charge is 2.31. The Labute approximate surface area is 160 Å². The molecule has 1 aromatic heterocycles. The van der Waals surface area contributed by atoms with E-state index in [1.807, 2.05) is 0 Å². The van der Waals surface area contributed by atoms with Gasteiger partial charge in [-0.05, 0) is 49.6 Å². The van der Waals surface area contributed by atoms with E-state index in [1.54, 1.807) is 43.3 Å². The molecule has 28 heavy (non-hydrogen) atoms. The van der Waals surface area contributed by atoms with Gasteiger partial charge in [0.05, 0.1) is 17.7 Å². The number of fused-ring (bicyclic) bond motifs is 1. The molecule has 4 rings (SSSR count). The van der Waals surface area contributed by atoms with Gasteiger partial charge in [-0.15, -0.1) is 0 Å². The number of hydrogen-bond donors (Lipinski definition) is 1. The average Bonchev–Trinajstić information content (AvgIpc) is 3.33. The van der Waals surface area contributed by atoms with Crippen LogP contribution in [0.2, 0.25) is 0 Å². The van der Waals surface area contributed by atoms with Crippen LogP contribution in [0.5, 0.6) is 0 Å². The maximum absolute atomic E-state index is 13.3. The van der Waals surface area contributed by atoms with Crippen molar-refractivity contribution in [3.63, 3.8) is 0 Å². The zero-order chi connectivity index (χ0) is 19.7. The molecule has 2 heterocycles. The molecule has 1 N–H and O–H groups in total. The summed E-state index contributed by atoms with van der Waals surface area (Å²) in [5.74, 6) is -1.26. The Balaban J connectivity index is 1.62. The molecule has 1 saturated heterocycles. The second-order valence-electron chi connectivity index (χ2n) is 6.97. The van der Waals surface area contributed by atoms with Crippen molar-refractivity contribution in [2.75, 3.05) is 6.61 Å². The van der Waals surface area contributed by atoms with Crippen LogP contribution in [0, 0.1) is 5.82 Å². The topological polar surface area (TPSA) is 73.5 Å². The lowest BCUT2D eigenvalue weighted by Gasteiger charge is -2.26. The molecule has 6 nitrogen and oxygen atoms in total. The highest BCUT2D eigenvalue weighted by molar-refractivity contribution is 5.83. The number of rotatable bonds is 5. The average molecular weight is 384 g/mol. The van der Waals surface area contributed by atoms with E-state index in [0.29, 0.717) is 17.7 Å². The lowest BCUT2D eigenvalue weighted by atomic mass is 9.99. The molecular formula is C21H21FN2O4. The second-order valence-corrected chi connectivity index (χ2v) is 6.97. The fourth-order valence-electron chi connectivity index (χ4n) is 3.67. The number of aromatic nitrogens is 1. The van der Waals surface area contributed by atoms with Gasteiger partial charge in [0.1, 0.15) is 11.9 Å². The smallest absolute Gasteiger partial charge is 0.408 e. The van der Waals surface area contributed by atoms with Gasteiger partial charge >= 0.3 is 5.76 Å². The Bertz CT molecular complexity index is 1030. The van der Waals surface area contributed by atoms with E-state index in [-0.39, 0.29) is 17.8 Å². The van der Waals surface area contributed by atoms with Gasteiger partial charge in [-0.3, -0.25) is 9.36 Å². The molecule has 0 saturated carbocycles. The van der Waals surface area contributed by atoms with Crippen molar-refractivity contribution in [3.05, 3.63) is 70.5 Å². The second kappa shape index (κ2) is 7.59. The molecule has 0 bridgehead atoms. The fraction of sp³-hybridized carbons (Fsp3) is 0.333. The number of benzene rings is 2. The summed E-state index contributed by atoms with van der Waals surface area (Å²) in [4.78, 5) is 25.3. The van der Waals surface area contributed by atoms with Crippen LogP contribution in [0.4, 0.5) is 4.39 Å². The Kier molecular flexibility index (Phi) is 5.00. The van der Waals surface area contributed by atoms with Gasteiger partial charge in [0.15, 0.2) is 5.58 Å². The first-order chi connectivity index (χ1) is 13.5. The minimum absolute atomic E-state index is 0.195. The summed E-state index contributed by atoms with van der Waals surface area (Å²) >= 11 is 0. The Hall–Kier alpha value is -2.93. The summed E-state index contributed by atoms with van der Waals surface area (Å²) in [5.41, 5.74) is 1.75. The van der Waals surface area contributed by atoms with E-state index >= 15 is 0 Å². The van der Waals surface area contributed by atoms with E-state index in [4.69, 9.17) is 9.15 Å². The molecule has 1 aliphatic rings. The molecule has 1 fully saturated rings. The predicted octanol–water partition coefficient (Wildman–Crippen LogP) is 3.33. The number of halogens is 1. The summed E-state index contributed by atoms with van der Waals surface area (Å²) < 4.78 is 25.7. The van der Waals surface area contributed by atoms with Gasteiger partial charge in [0.25, 0.3) is 0 Å². The van der Waals surface area contributed by atoms with Gasteiger partial charge in [0.2, 0.25) is 5.91 Å². The molecule has 146 valence electrons. The summed E-state index contributed by atoms with van der Waals surface area (Å²) in [5, 5.41) is 2.99. The van der Waals surface area contributed by atoms with Crippen LogP contribution in [-0.4, -0.2) is 23.2 Å². The lowest BCUT2D eigenvalue weighted by Crippen LogP contribution is -2.40. The first-order valence-corrected chi connectivity index (χ1v) is 9.32. The molecular weight excluding hydrogens is 363 g/mol. The van der Waals surface area contributed by atoms with Crippen molar-refractivity contribution in [2.45, 2.75) is 38.0 Å². The molecule has 2 aromatic carbocycles. The van der Waals surface area contributed by atoms with Gasteiger partial charge in [-0.1, -0.05) is 24.3 Å². The molecule has 0 spiro atoms. The van der Waals surface area contributed by atoms with E-state index in [2.05, 4.69) is 5.32 Å². The van der Waals surface area contributed by atoms with Crippen LogP contribution in [0.25, 0.3) is 11.1 Å². The first kappa shape index (κ1) is 18.4. The fourth-order valence-corrected chi connectivity index (χ4v) is 3.67. The van der Waals surface area contributed by atoms with Crippen LogP contribution >= 0.6 is 0 Å². The van der Waals surface area contributed by atoms with Crippen LogP contribution in [0.3, 0.4) is 0 Å². The number of carbonyl (C=O) groups is 1. The van der Waals surface area contributed by atoms with Crippen molar-refractivity contribution in [1.29, 1.82) is 0 Å². The van der Waals surface area contributed by atoms with Crippen molar-refractivity contribution in [3.8, 4) is 0 Å². The zero-order valence-electron chi connectivity index (χ0n) is 15.4. The number of nitrogens with one attached hydrogen (secondary N) is 1. The van der Waals surface area contributed by atoms with Crippen molar-refractivity contribution in [2.24, 2.45) is 0 Å². The van der Waals surface area contributed by atoms with E-state index in [1.165, 1.54) is 16.7 Å². The zero-order valence-corrected chi connectivity index (χ0v) is 15.4. The normalized spacial score (nSPS) is 18.9. The number of amides is 1. The molecule has 1 amide bonds. The minimum atomic E-state index is -0.777. The van der Waals surface area contributed by atoms with E-state index < -0.39 is 17.8 Å². The SMILES string of the molecule is C[C@H](C(=O)N[C@@H](c1ccc(F)cc1)[C@H]1CCCO1)n1c(=O)oc2ccccc21. The van der Waals surface area contributed by atoms with Crippen molar-refractivity contribution < 1.29 is 18.3 Å². The van der Waals surface area contributed by atoms with Gasteiger partial charge in [-0.25, -0.2) is 9.18 Å². The van der Waals surface area contributed by atoms with Gasteiger partial charge in [-0.2, -0.15) is 0 Å². The van der Waals surface area contributed by atoms with Crippen LogP contribution in [-0.2, 0) is 9.53 Å². The summed E-state index contributed by atoms with van der Waals surface area (Å²) in [7, 11) is 0. The van der Waals surface area contributed by atoms with Crippen molar-refractivity contribution >= 4 is 17.0 Å². The number of ether oxygens (including phenoxy) is 1. The summed E-state index contributed by atoms with van der Waals surface area (Å²) in [6.45, 7) is 2.27. The summed E-state index contributed by atoms with van der Waals surface area (Å²) in [6.07, 6.45) is 1.50. The number of carbonyl (C=O) groups excluding carboxylic acids is 1. The Morgan fingerprint density at radius 1 is 1.21 bits per heavy atom. The highest BCUT2D eigenvalue weighted by atomic mass is 19.1. The summed E-state index contributed by atoms with van der Waals surface area (Å²) in [6, 6.07) is 11.8. The maximum atomic E-state index is 13.3. The standard InChI is InChI=1S/C21H21FN2O4/c1-13(24-16-5-2-3-6-17(16)28-21(24)26)20(25)23-19(18-7-4-12-27-18)14-8-10-15(22)11-9-14/h2-3,5-6,8-11,13,18-19H,4,7,12H2,1H3,(H,23,25)/t13-,18-,19+/m1/s1. The third-order valence-corrected chi connectivity index (χ3v) is 5.15. The number of nitrogens with zero attached hydrogens (tertiary/aromatic N) is 1. The third kappa shape index (κ3) is 3.45. The first-order valence-electron chi connectivity index (χ1n) is 9.32. The van der Waals surface area contributed by atoms with Gasteiger partial charge < -0.3 is 14.5 Å². The Morgan fingerprint density at radius 2 is 1.96 bits per heavy atom. The Morgan fingerprint density at radius 3 is 2.68 bits per heavy atom. The number of para-hydroxylation sites is 2. The number of oxazole rings is 1. The third-order valence-electron chi connectivity index (χ3n) is 5.15.